The molecule has 0 spiro atoms. The molecule has 1 rings (SSSR count). The molecule has 0 heterocycles. The van der Waals surface area contributed by atoms with E-state index < -0.39 is 0 Å². The molecule has 1 N–H and O–H groups in total. The van der Waals surface area contributed by atoms with E-state index in [1.807, 2.05) is 6.08 Å². The summed E-state index contributed by atoms with van der Waals surface area (Å²) >= 11 is 4.41. The molecule has 0 aromatic heterocycles. The second-order valence-electron chi connectivity index (χ2n) is 1.86. The number of carbonyl (C=O) groups excluding carboxylic acids is 1. The Morgan fingerprint density at radius 3 is 3.10 bits per heavy atom. The van der Waals surface area contributed by atoms with E-state index in [1.165, 1.54) is 0 Å². The topological polar surface area (TPSA) is 29.1 Å². The van der Waals surface area contributed by atoms with Crippen molar-refractivity contribution in [3.8, 4) is 0 Å². The van der Waals surface area contributed by atoms with Crippen molar-refractivity contribution in [1.29, 1.82) is 0 Å². The van der Waals surface area contributed by atoms with Gasteiger partial charge in [0.2, 0.25) is 0 Å². The smallest absolute Gasteiger partial charge is 0.182 e. The largest absolute Gasteiger partial charge is 0.341 e. The molecule has 0 fully saturated rings. The zero-order chi connectivity index (χ0) is 7.40. The highest BCUT2D eigenvalue weighted by Gasteiger charge is 2.07. The van der Waals surface area contributed by atoms with Crippen molar-refractivity contribution in [1.82, 2.24) is 5.32 Å². The summed E-state index contributed by atoms with van der Waals surface area (Å²) in [6.07, 6.45) is 5.76. The first-order valence-corrected chi connectivity index (χ1v) is 3.28. The molecule has 1 radical (unpaired) electrons. The van der Waals surface area contributed by atoms with Crippen LogP contribution in [0, 0.1) is 0 Å². The third kappa shape index (κ3) is 1.51. The van der Waals surface area contributed by atoms with Crippen LogP contribution in [0.3, 0.4) is 0 Å². The Hall–Kier alpha value is -0.960. The predicted octanol–water partition coefficient (Wildman–Crippen LogP) is 0.823. The van der Waals surface area contributed by atoms with E-state index in [1.54, 1.807) is 12.2 Å². The van der Waals surface area contributed by atoms with Crippen LogP contribution in [0.4, 0.5) is 0 Å². The number of rotatable bonds is 2. The van der Waals surface area contributed by atoms with Gasteiger partial charge in [-0.3, -0.25) is 4.79 Å². The number of ketones is 1. The summed E-state index contributed by atoms with van der Waals surface area (Å²) in [5, 5.41) is 2.56. The number of nitrogens with one attached hydrogen (secondary N) is 1. The minimum Gasteiger partial charge on any atom is -0.341 e. The number of allylic oxidation sites excluding steroid dienone is 4. The first-order valence-electron chi connectivity index (χ1n) is 2.88. The van der Waals surface area contributed by atoms with Gasteiger partial charge >= 0.3 is 0 Å². The molecular weight excluding hydrogens is 146 g/mol. The average Bonchev–Trinajstić information content (AvgIpc) is 1.94. The van der Waals surface area contributed by atoms with Gasteiger partial charge in [0.25, 0.3) is 0 Å². The number of hydrogen-bond donors (Lipinski definition) is 1. The summed E-state index contributed by atoms with van der Waals surface area (Å²) in [6, 6.07) is 0. The van der Waals surface area contributed by atoms with Crippen LogP contribution in [-0.2, 0) is 4.79 Å². The lowest BCUT2D eigenvalue weighted by Gasteiger charge is -2.04. The molecule has 1 aliphatic carbocycles. The van der Waals surface area contributed by atoms with Gasteiger partial charge in [0.05, 0.1) is 5.70 Å². The van der Waals surface area contributed by atoms with Gasteiger partial charge in [-0.25, -0.2) is 0 Å². The third-order valence-electron chi connectivity index (χ3n) is 1.19. The van der Waals surface area contributed by atoms with E-state index in [0.717, 1.165) is 0 Å². The second-order valence-corrected chi connectivity index (χ2v) is 2.07. The molecule has 0 unspecified atom stereocenters. The van der Waals surface area contributed by atoms with Crippen molar-refractivity contribution in [3.05, 3.63) is 23.9 Å². The summed E-state index contributed by atoms with van der Waals surface area (Å²) in [5.74, 6) is 0.0554. The molecule has 0 amide bonds. The molecule has 2 nitrogen and oxygen atoms in total. The average molecular weight is 152 g/mol. The number of thiocarbonyl (C=S) groups is 1. The van der Waals surface area contributed by atoms with Gasteiger partial charge in [-0.2, -0.15) is 0 Å². The quantitative estimate of drug-likeness (QED) is 0.469. The monoisotopic (exact) mass is 152 g/mol. The molecule has 0 saturated heterocycles. The van der Waals surface area contributed by atoms with Crippen LogP contribution in [0.2, 0.25) is 0 Å². The minimum absolute atomic E-state index is 0.0554. The molecule has 51 valence electrons. The number of carbonyl (C=O) groups is 1. The van der Waals surface area contributed by atoms with Crippen molar-refractivity contribution in [3.63, 3.8) is 0 Å². The van der Waals surface area contributed by atoms with Gasteiger partial charge < -0.3 is 5.32 Å². The fraction of sp³-hybridized carbons (Fsp3) is 0.143. The van der Waals surface area contributed by atoms with E-state index >= 15 is 0 Å². The zero-order valence-corrected chi connectivity index (χ0v) is 6.07. The van der Waals surface area contributed by atoms with Gasteiger partial charge in [-0.1, -0.05) is 24.4 Å². The van der Waals surface area contributed by atoms with Crippen LogP contribution in [0.1, 0.15) is 6.42 Å². The Kier molecular flexibility index (Phi) is 2.34. The van der Waals surface area contributed by atoms with Gasteiger partial charge in [-0.15, -0.1) is 0 Å². The molecule has 0 aromatic rings. The van der Waals surface area contributed by atoms with Crippen LogP contribution in [0.5, 0.6) is 0 Å². The molecule has 3 heteroatoms. The van der Waals surface area contributed by atoms with E-state index in [4.69, 9.17) is 0 Å². The van der Waals surface area contributed by atoms with Gasteiger partial charge in [0.15, 0.2) is 5.78 Å². The highest BCUT2D eigenvalue weighted by Crippen LogP contribution is 2.03. The lowest BCUT2D eigenvalue weighted by Crippen LogP contribution is -2.18. The van der Waals surface area contributed by atoms with Crippen molar-refractivity contribution in [2.45, 2.75) is 6.42 Å². The Balaban J connectivity index is 2.70. The summed E-state index contributed by atoms with van der Waals surface area (Å²) in [7, 11) is 0. The summed E-state index contributed by atoms with van der Waals surface area (Å²) in [6.45, 7) is 0. The molecule has 0 atom stereocenters. The van der Waals surface area contributed by atoms with Crippen molar-refractivity contribution < 1.29 is 4.79 Å². The molecule has 0 bridgehead atoms. The van der Waals surface area contributed by atoms with Gasteiger partial charge in [0, 0.05) is 6.42 Å². The lowest BCUT2D eigenvalue weighted by molar-refractivity contribution is -0.115. The fourth-order valence-corrected chi connectivity index (χ4v) is 0.819. The minimum atomic E-state index is 0.0554. The molecule has 0 aliphatic heterocycles. The summed E-state index contributed by atoms with van der Waals surface area (Å²) in [4.78, 5) is 10.9. The van der Waals surface area contributed by atoms with E-state index in [-0.39, 0.29) is 5.78 Å². The highest BCUT2D eigenvalue weighted by atomic mass is 32.1. The standard InChI is InChI=1S/C7H6NOS/c9-7-4-2-1-3-6(7)8-5-10/h1-3H,4H2,(H,8,10). The van der Waals surface area contributed by atoms with Crippen molar-refractivity contribution >= 4 is 23.5 Å². The van der Waals surface area contributed by atoms with E-state index in [0.29, 0.717) is 12.1 Å². The number of hydrogen-bond acceptors (Lipinski definition) is 2. The SMILES string of the molecule is O=C1CC=CC=C1N[C]=S. The second kappa shape index (κ2) is 3.27. The van der Waals surface area contributed by atoms with Crippen LogP contribution in [-0.4, -0.2) is 11.3 Å². The highest BCUT2D eigenvalue weighted by molar-refractivity contribution is 7.78. The maximum atomic E-state index is 10.9. The van der Waals surface area contributed by atoms with Crippen LogP contribution < -0.4 is 5.32 Å². The molecular formula is C7H6NOS. The van der Waals surface area contributed by atoms with Crippen molar-refractivity contribution in [2.24, 2.45) is 0 Å². The Morgan fingerprint density at radius 2 is 2.50 bits per heavy atom. The van der Waals surface area contributed by atoms with Crippen molar-refractivity contribution in [2.75, 3.05) is 0 Å². The molecule has 10 heavy (non-hydrogen) atoms. The predicted molar refractivity (Wildman–Crippen MR) is 42.6 cm³/mol. The molecule has 1 aliphatic rings. The molecule has 0 saturated carbocycles. The Labute approximate surface area is 64.6 Å². The maximum Gasteiger partial charge on any atom is 0.182 e. The number of Topliss-reactive ketones (excluding diaryl/α,β-unsaturated/α-hetero) is 1. The first kappa shape index (κ1) is 7.15. The third-order valence-corrected chi connectivity index (χ3v) is 1.29. The van der Waals surface area contributed by atoms with Gasteiger partial charge in [0.1, 0.15) is 5.49 Å². The first-order chi connectivity index (χ1) is 4.84. The molecule has 0 aromatic carbocycles. The van der Waals surface area contributed by atoms with Crippen LogP contribution in [0.25, 0.3) is 0 Å². The maximum absolute atomic E-state index is 10.9. The fourth-order valence-electron chi connectivity index (χ4n) is 0.709. The summed E-state index contributed by atoms with van der Waals surface area (Å²) in [5.41, 5.74) is 2.80. The zero-order valence-electron chi connectivity index (χ0n) is 5.26. The summed E-state index contributed by atoms with van der Waals surface area (Å²) < 4.78 is 0. The Morgan fingerprint density at radius 1 is 1.70 bits per heavy atom. The van der Waals surface area contributed by atoms with Crippen LogP contribution in [0.15, 0.2) is 23.9 Å². The van der Waals surface area contributed by atoms with Gasteiger partial charge in [-0.05, 0) is 6.08 Å². The normalized spacial score (nSPS) is 16.4. The van der Waals surface area contributed by atoms with E-state index in [9.17, 15) is 4.79 Å². The van der Waals surface area contributed by atoms with Crippen LogP contribution >= 0.6 is 12.2 Å². The lowest BCUT2D eigenvalue weighted by atomic mass is 10.1. The Bertz CT molecular complexity index is 218. The van der Waals surface area contributed by atoms with E-state index in [2.05, 4.69) is 23.0 Å².